The molecule has 0 heterocycles. The van der Waals surface area contributed by atoms with Crippen molar-refractivity contribution >= 4 is 9.24 Å². The Hall–Kier alpha value is -0.690. The Balaban J connectivity index is 2.70. The molecule has 1 aromatic rings. The molecule has 0 saturated carbocycles. The van der Waals surface area contributed by atoms with Crippen LogP contribution in [0.4, 0.5) is 8.78 Å². The Morgan fingerprint density at radius 2 is 1.85 bits per heavy atom. The van der Waals surface area contributed by atoms with E-state index >= 15 is 0 Å². The maximum absolute atomic E-state index is 12.3. The molecule has 0 radical (unpaired) electrons. The van der Waals surface area contributed by atoms with Gasteiger partial charge < -0.3 is 4.74 Å². The Labute approximate surface area is 78.3 Å². The Kier molecular flexibility index (Phi) is 3.21. The van der Waals surface area contributed by atoms with Crippen LogP contribution in [0.2, 0.25) is 0 Å². The number of ether oxygens (including phenoxy) is 1. The predicted octanol–water partition coefficient (Wildman–Crippen LogP) is 3.05. The molecule has 0 aliphatic heterocycles. The zero-order valence-electron chi connectivity index (χ0n) is 7.26. The van der Waals surface area contributed by atoms with Crippen LogP contribution in [0.15, 0.2) is 24.3 Å². The van der Waals surface area contributed by atoms with Crippen molar-refractivity contribution in [1.82, 2.24) is 0 Å². The molecule has 1 atom stereocenters. The van der Waals surface area contributed by atoms with E-state index in [0.29, 0.717) is 0 Å². The highest BCUT2D eigenvalue weighted by Gasteiger charge is 2.22. The summed E-state index contributed by atoms with van der Waals surface area (Å²) in [6.45, 7) is 2.00. The third-order valence-electron chi connectivity index (χ3n) is 1.59. The molecule has 0 fully saturated rings. The first-order chi connectivity index (χ1) is 6.01. The zero-order chi connectivity index (χ0) is 9.90. The fraction of sp³-hybridized carbons (Fsp3) is 0.333. The molecule has 0 saturated heterocycles. The first kappa shape index (κ1) is 10.4. The predicted molar refractivity (Wildman–Crippen MR) is 51.1 cm³/mol. The third kappa shape index (κ3) is 3.69. The second kappa shape index (κ2) is 4.01. The highest BCUT2D eigenvalue weighted by atomic mass is 31.0. The van der Waals surface area contributed by atoms with Crippen molar-refractivity contribution in [3.63, 3.8) is 0 Å². The molecule has 13 heavy (non-hydrogen) atoms. The maximum atomic E-state index is 12.3. The van der Waals surface area contributed by atoms with Gasteiger partial charge in [-0.25, -0.2) is 0 Å². The summed E-state index contributed by atoms with van der Waals surface area (Å²) in [7, 11) is 1.33. The Morgan fingerprint density at radius 1 is 1.31 bits per heavy atom. The van der Waals surface area contributed by atoms with Crippen LogP contribution in [-0.2, 0) is 6.42 Å². The lowest BCUT2D eigenvalue weighted by atomic mass is 10.2. The monoisotopic (exact) mass is 204 g/mol. The van der Waals surface area contributed by atoms with E-state index in [1.165, 1.54) is 21.4 Å². The minimum absolute atomic E-state index is 0.178. The fourth-order valence-corrected chi connectivity index (χ4v) is 1.09. The number of benzene rings is 1. The van der Waals surface area contributed by atoms with Gasteiger partial charge in [0.2, 0.25) is 0 Å². The van der Waals surface area contributed by atoms with Crippen LogP contribution in [0, 0.1) is 0 Å². The first-order valence-corrected chi connectivity index (χ1v) is 4.53. The van der Waals surface area contributed by atoms with E-state index < -0.39 is 5.85 Å². The van der Waals surface area contributed by atoms with Gasteiger partial charge in [-0.3, -0.25) is 0 Å². The number of alkyl halides is 2. The summed E-state index contributed by atoms with van der Waals surface area (Å²) in [6.07, 6.45) is 0.886. The summed E-state index contributed by atoms with van der Waals surface area (Å²) >= 11 is 0. The largest absolute Gasteiger partial charge is 0.430 e. The van der Waals surface area contributed by atoms with E-state index in [-0.39, 0.29) is 5.75 Å². The van der Waals surface area contributed by atoms with Crippen LogP contribution < -0.4 is 4.74 Å². The molecule has 1 aromatic carbocycles. The molecule has 1 rings (SSSR count). The average Bonchev–Trinajstić information content (AvgIpc) is 2.03. The first-order valence-electron chi connectivity index (χ1n) is 3.96. The standard InChI is InChI=1S/C9H11F2OP/c1-2-7-3-5-8(6-4-7)12-9(10,11)13/h3-6H,2,13H2,1H3. The van der Waals surface area contributed by atoms with Crippen LogP contribution in [-0.4, -0.2) is 5.85 Å². The van der Waals surface area contributed by atoms with Gasteiger partial charge in [0.1, 0.15) is 5.75 Å². The number of hydrogen-bond donors (Lipinski definition) is 0. The Morgan fingerprint density at radius 3 is 2.23 bits per heavy atom. The molecule has 0 aliphatic rings. The minimum Gasteiger partial charge on any atom is -0.430 e. The van der Waals surface area contributed by atoms with Crippen LogP contribution in [0.1, 0.15) is 12.5 Å². The number of hydrogen-bond acceptors (Lipinski definition) is 1. The maximum Gasteiger partial charge on any atom is 0.408 e. The van der Waals surface area contributed by atoms with Gasteiger partial charge in [-0.05, 0) is 33.4 Å². The molecule has 4 heteroatoms. The molecule has 0 N–H and O–H groups in total. The highest BCUT2D eigenvalue weighted by molar-refractivity contribution is 7.17. The highest BCUT2D eigenvalue weighted by Crippen LogP contribution is 2.26. The quantitative estimate of drug-likeness (QED) is 0.687. The summed E-state index contributed by atoms with van der Waals surface area (Å²) in [5.41, 5.74) is 1.10. The summed E-state index contributed by atoms with van der Waals surface area (Å²) in [4.78, 5) is 0. The number of halogens is 2. The fourth-order valence-electron chi connectivity index (χ4n) is 0.950. The smallest absolute Gasteiger partial charge is 0.408 e. The second-order valence-corrected chi connectivity index (χ2v) is 3.33. The SMILES string of the molecule is CCc1ccc(OC(F)(F)P)cc1. The van der Waals surface area contributed by atoms with Crippen molar-refractivity contribution in [2.75, 3.05) is 0 Å². The Bertz CT molecular complexity index is 266. The molecular formula is C9H11F2OP. The molecule has 0 spiro atoms. The molecule has 0 aliphatic carbocycles. The van der Waals surface area contributed by atoms with Crippen molar-refractivity contribution in [3.8, 4) is 5.75 Å². The number of rotatable bonds is 3. The normalized spacial score (nSPS) is 11.4. The van der Waals surface area contributed by atoms with Gasteiger partial charge in [0.05, 0.1) is 0 Å². The van der Waals surface area contributed by atoms with E-state index in [9.17, 15) is 8.78 Å². The second-order valence-electron chi connectivity index (χ2n) is 2.66. The zero-order valence-corrected chi connectivity index (χ0v) is 8.41. The van der Waals surface area contributed by atoms with Crippen LogP contribution >= 0.6 is 9.24 Å². The van der Waals surface area contributed by atoms with Gasteiger partial charge in [-0.15, -0.1) is 0 Å². The molecule has 0 aromatic heterocycles. The summed E-state index contributed by atoms with van der Waals surface area (Å²) in [6, 6.07) is 6.62. The van der Waals surface area contributed by atoms with Gasteiger partial charge in [-0.2, -0.15) is 8.78 Å². The summed E-state index contributed by atoms with van der Waals surface area (Å²) < 4.78 is 29.0. The molecule has 0 bridgehead atoms. The molecule has 1 unspecified atom stereocenters. The van der Waals surface area contributed by atoms with Gasteiger partial charge in [-0.1, -0.05) is 19.1 Å². The van der Waals surface area contributed by atoms with Crippen molar-refractivity contribution in [3.05, 3.63) is 29.8 Å². The molecule has 0 amide bonds. The summed E-state index contributed by atoms with van der Waals surface area (Å²) in [5, 5.41) is 0. The van der Waals surface area contributed by atoms with Crippen LogP contribution in [0.3, 0.4) is 0 Å². The van der Waals surface area contributed by atoms with Crippen LogP contribution in [0.5, 0.6) is 5.75 Å². The minimum atomic E-state index is -3.19. The van der Waals surface area contributed by atoms with E-state index in [2.05, 4.69) is 4.74 Å². The van der Waals surface area contributed by atoms with Crippen LogP contribution in [0.25, 0.3) is 0 Å². The van der Waals surface area contributed by atoms with Crippen molar-refractivity contribution in [2.45, 2.75) is 19.2 Å². The van der Waals surface area contributed by atoms with Crippen molar-refractivity contribution in [2.24, 2.45) is 0 Å². The number of aryl methyl sites for hydroxylation is 1. The lowest BCUT2D eigenvalue weighted by Gasteiger charge is -2.12. The molecular weight excluding hydrogens is 193 g/mol. The lowest BCUT2D eigenvalue weighted by molar-refractivity contribution is -0.0892. The topological polar surface area (TPSA) is 9.23 Å². The van der Waals surface area contributed by atoms with E-state index in [0.717, 1.165) is 12.0 Å². The van der Waals surface area contributed by atoms with E-state index in [1.807, 2.05) is 6.92 Å². The molecule has 72 valence electrons. The van der Waals surface area contributed by atoms with Gasteiger partial charge in [0.15, 0.2) is 0 Å². The average molecular weight is 204 g/mol. The third-order valence-corrected chi connectivity index (χ3v) is 1.70. The molecule has 1 nitrogen and oxygen atoms in total. The van der Waals surface area contributed by atoms with E-state index in [4.69, 9.17) is 0 Å². The van der Waals surface area contributed by atoms with Gasteiger partial charge in [0, 0.05) is 0 Å². The van der Waals surface area contributed by atoms with E-state index in [1.54, 1.807) is 12.1 Å². The summed E-state index contributed by atoms with van der Waals surface area (Å²) in [5.74, 6) is -3.01. The van der Waals surface area contributed by atoms with Crippen molar-refractivity contribution in [1.29, 1.82) is 0 Å². The van der Waals surface area contributed by atoms with Gasteiger partial charge >= 0.3 is 5.85 Å². The van der Waals surface area contributed by atoms with Gasteiger partial charge in [0.25, 0.3) is 0 Å². The van der Waals surface area contributed by atoms with Crippen molar-refractivity contribution < 1.29 is 13.5 Å². The lowest BCUT2D eigenvalue weighted by Crippen LogP contribution is -2.14.